The quantitative estimate of drug-likeness (QED) is 0.931. The SMILES string of the molecule is CN(CC(=O)N1CCNCC1)C(=O)c1cc2ccccc2s1. The first-order valence-corrected chi connectivity index (χ1v) is 8.19. The number of likely N-dealkylation sites (N-methyl/N-ethyl adjacent to an activating group) is 1. The molecule has 2 aromatic rings. The number of benzene rings is 1. The van der Waals surface area contributed by atoms with Gasteiger partial charge in [-0.1, -0.05) is 18.2 Å². The minimum Gasteiger partial charge on any atom is -0.339 e. The van der Waals surface area contributed by atoms with Crippen LogP contribution in [0, 0.1) is 0 Å². The van der Waals surface area contributed by atoms with Crippen LogP contribution in [-0.2, 0) is 4.79 Å². The Bertz CT molecular complexity index is 659. The lowest BCUT2D eigenvalue weighted by molar-refractivity contribution is -0.132. The minimum absolute atomic E-state index is 0.0125. The number of nitrogens with zero attached hydrogens (tertiary/aromatic N) is 2. The predicted octanol–water partition coefficient (Wildman–Crippen LogP) is 1.41. The van der Waals surface area contributed by atoms with E-state index in [0.717, 1.165) is 23.2 Å². The molecule has 1 fully saturated rings. The van der Waals surface area contributed by atoms with Gasteiger partial charge in [-0.15, -0.1) is 11.3 Å². The summed E-state index contributed by atoms with van der Waals surface area (Å²) in [6.45, 7) is 3.19. The lowest BCUT2D eigenvalue weighted by atomic mass is 10.2. The summed E-state index contributed by atoms with van der Waals surface area (Å²) in [5.74, 6) is -0.0804. The van der Waals surface area contributed by atoms with Gasteiger partial charge in [0.1, 0.15) is 0 Å². The summed E-state index contributed by atoms with van der Waals surface area (Å²) in [4.78, 5) is 28.7. The highest BCUT2D eigenvalue weighted by Gasteiger charge is 2.21. The van der Waals surface area contributed by atoms with Crippen LogP contribution >= 0.6 is 11.3 Å². The summed E-state index contributed by atoms with van der Waals surface area (Å²) < 4.78 is 1.09. The maximum Gasteiger partial charge on any atom is 0.264 e. The number of piperazine rings is 1. The third-order valence-corrected chi connectivity index (χ3v) is 4.93. The van der Waals surface area contributed by atoms with Crippen LogP contribution in [0.1, 0.15) is 9.67 Å². The second kappa shape index (κ2) is 6.46. The molecule has 2 amide bonds. The molecule has 1 saturated heterocycles. The molecule has 116 valence electrons. The molecule has 0 radical (unpaired) electrons. The highest BCUT2D eigenvalue weighted by Crippen LogP contribution is 2.26. The van der Waals surface area contributed by atoms with E-state index in [0.29, 0.717) is 18.0 Å². The first-order valence-electron chi connectivity index (χ1n) is 7.37. The summed E-state index contributed by atoms with van der Waals surface area (Å²) in [7, 11) is 1.69. The minimum atomic E-state index is -0.0929. The maximum atomic E-state index is 12.5. The molecule has 22 heavy (non-hydrogen) atoms. The Hall–Kier alpha value is -1.92. The van der Waals surface area contributed by atoms with Crippen molar-refractivity contribution < 1.29 is 9.59 Å². The number of nitrogens with one attached hydrogen (secondary N) is 1. The topological polar surface area (TPSA) is 52.7 Å². The van der Waals surface area contributed by atoms with E-state index in [4.69, 9.17) is 0 Å². The maximum absolute atomic E-state index is 12.5. The second-order valence-electron chi connectivity index (χ2n) is 5.44. The number of hydrogen-bond acceptors (Lipinski definition) is 4. The summed E-state index contributed by atoms with van der Waals surface area (Å²) in [6.07, 6.45) is 0. The molecule has 0 bridgehead atoms. The summed E-state index contributed by atoms with van der Waals surface area (Å²) in [5, 5.41) is 4.28. The molecule has 6 heteroatoms. The Morgan fingerprint density at radius 2 is 2.00 bits per heavy atom. The van der Waals surface area contributed by atoms with Crippen molar-refractivity contribution in [1.29, 1.82) is 0 Å². The van der Waals surface area contributed by atoms with Crippen LogP contribution in [-0.4, -0.2) is 61.4 Å². The molecule has 0 aliphatic carbocycles. The van der Waals surface area contributed by atoms with Crippen LogP contribution in [0.3, 0.4) is 0 Å². The third kappa shape index (κ3) is 3.13. The van der Waals surface area contributed by atoms with E-state index < -0.39 is 0 Å². The summed E-state index contributed by atoms with van der Waals surface area (Å²) >= 11 is 1.47. The molecule has 0 atom stereocenters. The Kier molecular flexibility index (Phi) is 4.40. The summed E-state index contributed by atoms with van der Waals surface area (Å²) in [5.41, 5.74) is 0. The average molecular weight is 317 g/mol. The van der Waals surface area contributed by atoms with Gasteiger partial charge in [-0.05, 0) is 17.5 Å². The number of thiophene rings is 1. The van der Waals surface area contributed by atoms with Gasteiger partial charge in [-0.3, -0.25) is 9.59 Å². The van der Waals surface area contributed by atoms with Gasteiger partial charge in [0.2, 0.25) is 5.91 Å². The standard InChI is InChI=1S/C16H19N3O2S/c1-18(11-15(20)19-8-6-17-7-9-19)16(21)14-10-12-4-2-3-5-13(12)22-14/h2-5,10,17H,6-9,11H2,1H3. The molecule has 1 aromatic heterocycles. The highest BCUT2D eigenvalue weighted by molar-refractivity contribution is 7.20. The molecule has 0 saturated carbocycles. The van der Waals surface area contributed by atoms with Crippen molar-refractivity contribution in [1.82, 2.24) is 15.1 Å². The lowest BCUT2D eigenvalue weighted by Crippen LogP contribution is -2.49. The molecule has 1 aromatic carbocycles. The third-order valence-electron chi connectivity index (χ3n) is 3.83. The molecule has 3 rings (SSSR count). The number of hydrogen-bond donors (Lipinski definition) is 1. The fourth-order valence-corrected chi connectivity index (χ4v) is 3.62. The fourth-order valence-electron chi connectivity index (χ4n) is 2.56. The molecule has 0 unspecified atom stereocenters. The van der Waals surface area contributed by atoms with E-state index in [2.05, 4.69) is 5.32 Å². The van der Waals surface area contributed by atoms with Crippen LogP contribution in [0.25, 0.3) is 10.1 Å². The Balaban J connectivity index is 1.67. The van der Waals surface area contributed by atoms with Crippen molar-refractivity contribution in [3.8, 4) is 0 Å². The van der Waals surface area contributed by atoms with Gasteiger partial charge < -0.3 is 15.1 Å². The Morgan fingerprint density at radius 1 is 1.27 bits per heavy atom. The smallest absolute Gasteiger partial charge is 0.264 e. The number of rotatable bonds is 3. The van der Waals surface area contributed by atoms with Gasteiger partial charge in [-0.2, -0.15) is 0 Å². The first kappa shape index (κ1) is 15.0. The van der Waals surface area contributed by atoms with E-state index >= 15 is 0 Å². The zero-order valence-electron chi connectivity index (χ0n) is 12.5. The van der Waals surface area contributed by atoms with Gasteiger partial charge in [-0.25, -0.2) is 0 Å². The van der Waals surface area contributed by atoms with Crippen molar-refractivity contribution in [3.05, 3.63) is 35.2 Å². The second-order valence-corrected chi connectivity index (χ2v) is 6.52. The van der Waals surface area contributed by atoms with Crippen molar-refractivity contribution >= 4 is 33.2 Å². The molecule has 1 aliphatic heterocycles. The van der Waals surface area contributed by atoms with E-state index in [-0.39, 0.29) is 18.4 Å². The number of fused-ring (bicyclic) bond motifs is 1. The van der Waals surface area contributed by atoms with Crippen molar-refractivity contribution in [3.63, 3.8) is 0 Å². The van der Waals surface area contributed by atoms with Crippen LogP contribution < -0.4 is 5.32 Å². The number of carbonyl (C=O) groups is 2. The van der Waals surface area contributed by atoms with Gasteiger partial charge in [0.15, 0.2) is 0 Å². The largest absolute Gasteiger partial charge is 0.339 e. The zero-order chi connectivity index (χ0) is 15.5. The van der Waals surface area contributed by atoms with E-state index in [1.807, 2.05) is 35.2 Å². The molecular weight excluding hydrogens is 298 g/mol. The van der Waals surface area contributed by atoms with Gasteiger partial charge in [0.05, 0.1) is 11.4 Å². The average Bonchev–Trinajstić information content (AvgIpc) is 2.98. The van der Waals surface area contributed by atoms with Crippen LogP contribution in [0.5, 0.6) is 0 Å². The van der Waals surface area contributed by atoms with Crippen LogP contribution in [0.4, 0.5) is 0 Å². The normalized spacial score (nSPS) is 15.0. The fraction of sp³-hybridized carbons (Fsp3) is 0.375. The van der Waals surface area contributed by atoms with E-state index in [9.17, 15) is 9.59 Å². The molecule has 1 aliphatic rings. The van der Waals surface area contributed by atoms with Crippen LogP contribution in [0.15, 0.2) is 30.3 Å². The zero-order valence-corrected chi connectivity index (χ0v) is 13.4. The van der Waals surface area contributed by atoms with Crippen molar-refractivity contribution in [2.45, 2.75) is 0 Å². The molecular formula is C16H19N3O2S. The monoisotopic (exact) mass is 317 g/mol. The Morgan fingerprint density at radius 3 is 2.73 bits per heavy atom. The van der Waals surface area contributed by atoms with E-state index in [1.54, 1.807) is 7.05 Å². The molecule has 2 heterocycles. The van der Waals surface area contributed by atoms with Gasteiger partial charge >= 0.3 is 0 Å². The molecule has 5 nitrogen and oxygen atoms in total. The lowest BCUT2D eigenvalue weighted by Gasteiger charge is -2.29. The number of carbonyl (C=O) groups excluding carboxylic acids is 2. The summed E-state index contributed by atoms with van der Waals surface area (Å²) in [6, 6.07) is 9.82. The predicted molar refractivity (Wildman–Crippen MR) is 88.2 cm³/mol. The van der Waals surface area contributed by atoms with Gasteiger partial charge in [0.25, 0.3) is 5.91 Å². The van der Waals surface area contributed by atoms with Crippen LogP contribution in [0.2, 0.25) is 0 Å². The first-order chi connectivity index (χ1) is 10.6. The van der Waals surface area contributed by atoms with Crippen molar-refractivity contribution in [2.24, 2.45) is 0 Å². The molecule has 1 N–H and O–H groups in total. The molecule has 0 spiro atoms. The highest BCUT2D eigenvalue weighted by atomic mass is 32.1. The number of amides is 2. The van der Waals surface area contributed by atoms with Crippen molar-refractivity contribution in [2.75, 3.05) is 39.8 Å². The van der Waals surface area contributed by atoms with E-state index in [1.165, 1.54) is 16.2 Å². The Labute approximate surface area is 133 Å². The van der Waals surface area contributed by atoms with Gasteiger partial charge in [0, 0.05) is 37.9 Å².